The normalized spacial score (nSPS) is 17.6. The summed E-state index contributed by atoms with van der Waals surface area (Å²) in [7, 11) is 0. The molecule has 0 aromatic carbocycles. The predicted molar refractivity (Wildman–Crippen MR) is 53.4 cm³/mol. The molecule has 0 aromatic rings. The molecule has 1 heterocycles. The van der Waals surface area contributed by atoms with E-state index in [1.165, 1.54) is 0 Å². The van der Waals surface area contributed by atoms with Gasteiger partial charge in [-0.05, 0) is 6.92 Å². The number of hydrogen-bond donors (Lipinski definition) is 2. The summed E-state index contributed by atoms with van der Waals surface area (Å²) in [5.74, 6) is -0.600. The molecule has 0 aromatic heterocycles. The van der Waals surface area contributed by atoms with Gasteiger partial charge in [-0.2, -0.15) is 0 Å². The first-order chi connectivity index (χ1) is 7.02. The molecule has 6 nitrogen and oxygen atoms in total. The zero-order valence-electron chi connectivity index (χ0n) is 8.25. The van der Waals surface area contributed by atoms with E-state index in [0.29, 0.717) is 0 Å². The van der Waals surface area contributed by atoms with Crippen LogP contribution in [0.3, 0.4) is 0 Å². The van der Waals surface area contributed by atoms with Crippen molar-refractivity contribution in [3.63, 3.8) is 0 Å². The van der Waals surface area contributed by atoms with Crippen LogP contribution in [0.4, 0.5) is 4.79 Å². The third-order valence-electron chi connectivity index (χ3n) is 1.93. The lowest BCUT2D eigenvalue weighted by atomic mass is 10.4. The Hall–Kier alpha value is -1.30. The van der Waals surface area contributed by atoms with E-state index in [1.807, 2.05) is 0 Å². The van der Waals surface area contributed by atoms with Gasteiger partial charge < -0.3 is 10.6 Å². The SMILES string of the molecule is CC(Cl)C(=O)NCCN1C(=O)CNC1=O. The van der Waals surface area contributed by atoms with Crippen LogP contribution in [0.1, 0.15) is 6.92 Å². The molecule has 4 amide bonds. The Morgan fingerprint density at radius 1 is 1.67 bits per heavy atom. The Morgan fingerprint density at radius 2 is 2.33 bits per heavy atom. The number of carbonyl (C=O) groups is 3. The molecule has 0 aliphatic carbocycles. The second-order valence-electron chi connectivity index (χ2n) is 3.11. The summed E-state index contributed by atoms with van der Waals surface area (Å²) in [5, 5.41) is 4.27. The number of urea groups is 1. The van der Waals surface area contributed by atoms with Gasteiger partial charge in [0.15, 0.2) is 0 Å². The van der Waals surface area contributed by atoms with E-state index in [-0.39, 0.29) is 31.4 Å². The van der Waals surface area contributed by atoms with Crippen LogP contribution >= 0.6 is 11.6 Å². The molecule has 1 unspecified atom stereocenters. The molecule has 1 fully saturated rings. The smallest absolute Gasteiger partial charge is 0.324 e. The maximum atomic E-state index is 11.1. The van der Waals surface area contributed by atoms with Gasteiger partial charge in [0.2, 0.25) is 11.8 Å². The zero-order chi connectivity index (χ0) is 11.4. The average Bonchev–Trinajstić information content (AvgIpc) is 2.48. The monoisotopic (exact) mass is 233 g/mol. The Labute approximate surface area is 91.9 Å². The number of imide groups is 1. The molecule has 1 aliphatic heterocycles. The minimum atomic E-state index is -0.617. The zero-order valence-corrected chi connectivity index (χ0v) is 9.00. The quantitative estimate of drug-likeness (QED) is 0.497. The molecular formula is C8H12ClN3O3. The van der Waals surface area contributed by atoms with E-state index >= 15 is 0 Å². The highest BCUT2D eigenvalue weighted by Gasteiger charge is 2.27. The standard InChI is InChI=1S/C8H12ClN3O3/c1-5(9)7(14)10-2-3-12-6(13)4-11-8(12)15/h5H,2-4H2,1H3,(H,10,14)(H,11,15). The van der Waals surface area contributed by atoms with Gasteiger partial charge in [0.25, 0.3) is 0 Å². The number of amides is 4. The minimum absolute atomic E-state index is 0.0265. The van der Waals surface area contributed by atoms with Gasteiger partial charge in [0.05, 0.1) is 6.54 Å². The number of hydrogen-bond acceptors (Lipinski definition) is 3. The largest absolute Gasteiger partial charge is 0.353 e. The second-order valence-corrected chi connectivity index (χ2v) is 3.77. The van der Waals surface area contributed by atoms with Gasteiger partial charge in [0, 0.05) is 13.1 Å². The van der Waals surface area contributed by atoms with E-state index in [9.17, 15) is 14.4 Å². The number of alkyl halides is 1. The van der Waals surface area contributed by atoms with Gasteiger partial charge in [0.1, 0.15) is 5.38 Å². The third-order valence-corrected chi connectivity index (χ3v) is 2.13. The number of nitrogens with zero attached hydrogens (tertiary/aromatic N) is 1. The number of nitrogens with one attached hydrogen (secondary N) is 2. The van der Waals surface area contributed by atoms with Crippen LogP contribution in [0.5, 0.6) is 0 Å². The maximum absolute atomic E-state index is 11.1. The fraction of sp³-hybridized carbons (Fsp3) is 0.625. The first-order valence-corrected chi connectivity index (χ1v) is 4.96. The molecule has 1 aliphatic rings. The molecule has 1 rings (SSSR count). The summed E-state index contributed by atoms with van der Waals surface area (Å²) < 4.78 is 0. The van der Waals surface area contributed by atoms with Gasteiger partial charge in [-0.25, -0.2) is 4.79 Å². The lowest BCUT2D eigenvalue weighted by molar-refractivity contribution is -0.125. The van der Waals surface area contributed by atoms with Crippen molar-refractivity contribution in [1.82, 2.24) is 15.5 Å². The van der Waals surface area contributed by atoms with Crippen molar-refractivity contribution in [2.75, 3.05) is 19.6 Å². The summed E-state index contributed by atoms with van der Waals surface area (Å²) in [6.07, 6.45) is 0. The van der Waals surface area contributed by atoms with E-state index in [0.717, 1.165) is 4.90 Å². The van der Waals surface area contributed by atoms with Crippen LogP contribution in [0.25, 0.3) is 0 Å². The molecule has 1 saturated heterocycles. The van der Waals surface area contributed by atoms with Crippen LogP contribution in [0, 0.1) is 0 Å². The lowest BCUT2D eigenvalue weighted by Gasteiger charge is -2.13. The Kier molecular flexibility index (Phi) is 3.90. The molecule has 0 saturated carbocycles. The molecule has 7 heteroatoms. The van der Waals surface area contributed by atoms with E-state index in [1.54, 1.807) is 6.92 Å². The molecule has 0 radical (unpaired) electrons. The van der Waals surface area contributed by atoms with Gasteiger partial charge in [-0.1, -0.05) is 0 Å². The molecule has 15 heavy (non-hydrogen) atoms. The molecule has 0 bridgehead atoms. The second kappa shape index (κ2) is 4.97. The molecule has 2 N–H and O–H groups in total. The summed E-state index contributed by atoms with van der Waals surface area (Å²) in [6.45, 7) is 1.96. The van der Waals surface area contributed by atoms with Crippen LogP contribution in [0.2, 0.25) is 0 Å². The van der Waals surface area contributed by atoms with E-state index in [2.05, 4.69) is 10.6 Å². The number of carbonyl (C=O) groups excluding carboxylic acids is 3. The molecule has 84 valence electrons. The summed E-state index contributed by atoms with van der Waals surface area (Å²) in [6, 6.07) is -0.423. The van der Waals surface area contributed by atoms with Crippen LogP contribution < -0.4 is 10.6 Å². The van der Waals surface area contributed by atoms with E-state index in [4.69, 9.17) is 11.6 Å². The van der Waals surface area contributed by atoms with Crippen LogP contribution in [-0.2, 0) is 9.59 Å². The van der Waals surface area contributed by atoms with Gasteiger partial charge >= 0.3 is 6.03 Å². The number of halogens is 1. The fourth-order valence-corrected chi connectivity index (χ4v) is 1.19. The summed E-state index contributed by atoms with van der Waals surface area (Å²) in [5.41, 5.74) is 0. The topological polar surface area (TPSA) is 78.5 Å². The van der Waals surface area contributed by atoms with Crippen molar-refractivity contribution >= 4 is 29.4 Å². The fourth-order valence-electron chi connectivity index (χ4n) is 1.11. The van der Waals surface area contributed by atoms with Crippen LogP contribution in [-0.4, -0.2) is 47.8 Å². The Balaban J connectivity index is 2.28. The summed E-state index contributed by atoms with van der Waals surface area (Å²) in [4.78, 5) is 34.2. The molecular weight excluding hydrogens is 222 g/mol. The highest BCUT2D eigenvalue weighted by Crippen LogP contribution is 1.97. The van der Waals surface area contributed by atoms with E-state index < -0.39 is 11.4 Å². The van der Waals surface area contributed by atoms with Crippen LogP contribution in [0.15, 0.2) is 0 Å². The Morgan fingerprint density at radius 3 is 2.80 bits per heavy atom. The van der Waals surface area contributed by atoms with Crippen molar-refractivity contribution < 1.29 is 14.4 Å². The Bertz CT molecular complexity index is 277. The van der Waals surface area contributed by atoms with Gasteiger partial charge in [-0.3, -0.25) is 14.5 Å². The molecule has 1 atom stereocenters. The van der Waals surface area contributed by atoms with Crippen molar-refractivity contribution in [3.05, 3.63) is 0 Å². The minimum Gasteiger partial charge on any atom is -0.353 e. The first kappa shape index (κ1) is 11.8. The van der Waals surface area contributed by atoms with Crippen molar-refractivity contribution in [2.24, 2.45) is 0 Å². The lowest BCUT2D eigenvalue weighted by Crippen LogP contribution is -2.40. The molecule has 0 spiro atoms. The van der Waals surface area contributed by atoms with Crippen molar-refractivity contribution in [1.29, 1.82) is 0 Å². The first-order valence-electron chi connectivity index (χ1n) is 4.52. The van der Waals surface area contributed by atoms with Crippen molar-refractivity contribution in [3.8, 4) is 0 Å². The third kappa shape index (κ3) is 3.09. The maximum Gasteiger partial charge on any atom is 0.324 e. The highest BCUT2D eigenvalue weighted by atomic mass is 35.5. The average molecular weight is 234 g/mol. The highest BCUT2D eigenvalue weighted by molar-refractivity contribution is 6.30. The number of rotatable bonds is 4. The summed E-state index contributed by atoms with van der Waals surface area (Å²) >= 11 is 5.51. The van der Waals surface area contributed by atoms with Crippen molar-refractivity contribution in [2.45, 2.75) is 12.3 Å². The van der Waals surface area contributed by atoms with Gasteiger partial charge in [-0.15, -0.1) is 11.6 Å². The predicted octanol–water partition coefficient (Wildman–Crippen LogP) is -0.718.